The Hall–Kier alpha value is -0.940. The molecule has 4 nitrogen and oxygen atoms in total. The number of nitrogens with zero attached hydrogens (tertiary/aromatic N) is 1. The van der Waals surface area contributed by atoms with Crippen molar-refractivity contribution in [3.05, 3.63) is 10.6 Å². The maximum atomic E-state index is 12.0. The fraction of sp³-hybridized carbons (Fsp3) is 0.667. The summed E-state index contributed by atoms with van der Waals surface area (Å²) in [6, 6.07) is -0.0655. The van der Waals surface area contributed by atoms with Gasteiger partial charge in [0, 0.05) is 4.88 Å². The van der Waals surface area contributed by atoms with E-state index in [0.717, 1.165) is 30.2 Å². The lowest BCUT2D eigenvalue weighted by Gasteiger charge is -2.13. The number of anilines is 1. The number of aromatic nitrogens is 1. The molecule has 0 spiro atoms. The van der Waals surface area contributed by atoms with Crippen LogP contribution in [0.1, 0.15) is 30.8 Å². The van der Waals surface area contributed by atoms with Crippen molar-refractivity contribution in [2.75, 3.05) is 11.9 Å². The van der Waals surface area contributed by atoms with E-state index >= 15 is 0 Å². The van der Waals surface area contributed by atoms with Gasteiger partial charge in [-0.15, -0.1) is 11.3 Å². The normalized spacial score (nSPS) is 23.9. The quantitative estimate of drug-likeness (QED) is 0.865. The third-order valence-electron chi connectivity index (χ3n) is 3.27. The molecule has 2 unspecified atom stereocenters. The van der Waals surface area contributed by atoms with Crippen molar-refractivity contribution >= 4 is 22.4 Å². The first kappa shape index (κ1) is 12.5. The molecule has 1 amide bonds. The van der Waals surface area contributed by atoms with Crippen LogP contribution in [0, 0.1) is 12.8 Å². The first-order valence-electron chi connectivity index (χ1n) is 6.12. The Bertz CT molecular complexity index is 416. The molecule has 0 bridgehead atoms. The summed E-state index contributed by atoms with van der Waals surface area (Å²) < 4.78 is 0. The Balaban J connectivity index is 2.02. The van der Waals surface area contributed by atoms with Crippen molar-refractivity contribution < 1.29 is 4.79 Å². The van der Waals surface area contributed by atoms with Gasteiger partial charge in [-0.25, -0.2) is 4.98 Å². The van der Waals surface area contributed by atoms with Crippen LogP contribution < -0.4 is 10.6 Å². The predicted molar refractivity (Wildman–Crippen MR) is 70.4 cm³/mol. The van der Waals surface area contributed by atoms with Gasteiger partial charge in [0.05, 0.1) is 11.7 Å². The van der Waals surface area contributed by atoms with Gasteiger partial charge in [0.15, 0.2) is 5.13 Å². The monoisotopic (exact) mass is 253 g/mol. The number of rotatable bonds is 3. The molecule has 1 aromatic rings. The van der Waals surface area contributed by atoms with Gasteiger partial charge in [-0.2, -0.15) is 0 Å². The maximum Gasteiger partial charge on any atom is 0.243 e. The number of nitrogens with one attached hydrogen (secondary N) is 2. The molecule has 17 heavy (non-hydrogen) atoms. The first-order valence-corrected chi connectivity index (χ1v) is 6.94. The van der Waals surface area contributed by atoms with Gasteiger partial charge < -0.3 is 10.6 Å². The molecular formula is C12H19N3OS. The lowest BCUT2D eigenvalue weighted by Crippen LogP contribution is -2.39. The standard InChI is InChI=1S/C12H19N3OS/c1-4-9-8(3)17-12(14-9)15-11(16)10-7(2)5-6-13-10/h7,10,13H,4-6H2,1-3H3,(H,14,15,16). The molecule has 0 radical (unpaired) electrons. The number of hydrogen-bond donors (Lipinski definition) is 2. The first-order chi connectivity index (χ1) is 8.11. The Kier molecular flexibility index (Phi) is 3.79. The Labute approximate surface area is 106 Å². The summed E-state index contributed by atoms with van der Waals surface area (Å²) in [7, 11) is 0. The van der Waals surface area contributed by atoms with E-state index in [1.165, 1.54) is 4.88 Å². The van der Waals surface area contributed by atoms with Crippen LogP contribution in [0.15, 0.2) is 0 Å². The fourth-order valence-electron chi connectivity index (χ4n) is 2.18. The maximum absolute atomic E-state index is 12.0. The van der Waals surface area contributed by atoms with E-state index in [0.29, 0.717) is 5.92 Å². The van der Waals surface area contributed by atoms with Crippen molar-refractivity contribution in [2.45, 2.75) is 39.7 Å². The third kappa shape index (κ3) is 2.66. The van der Waals surface area contributed by atoms with Crippen LogP contribution in [0.5, 0.6) is 0 Å². The zero-order valence-electron chi connectivity index (χ0n) is 10.5. The molecule has 0 aliphatic carbocycles. The lowest BCUT2D eigenvalue weighted by atomic mass is 10.0. The summed E-state index contributed by atoms with van der Waals surface area (Å²) in [5.41, 5.74) is 1.08. The lowest BCUT2D eigenvalue weighted by molar-refractivity contribution is -0.118. The number of carbonyl (C=O) groups is 1. The zero-order valence-corrected chi connectivity index (χ0v) is 11.4. The molecule has 0 saturated carbocycles. The number of aryl methyl sites for hydroxylation is 2. The van der Waals surface area contributed by atoms with E-state index in [-0.39, 0.29) is 11.9 Å². The number of carbonyl (C=O) groups excluding carboxylic acids is 1. The summed E-state index contributed by atoms with van der Waals surface area (Å²) in [6.07, 6.45) is 1.98. The minimum atomic E-state index is -0.0655. The van der Waals surface area contributed by atoms with E-state index in [9.17, 15) is 4.79 Å². The van der Waals surface area contributed by atoms with Crippen LogP contribution in [-0.2, 0) is 11.2 Å². The van der Waals surface area contributed by atoms with Crippen molar-refractivity contribution in [3.8, 4) is 0 Å². The predicted octanol–water partition coefficient (Wildman–Crippen LogP) is 1.95. The van der Waals surface area contributed by atoms with E-state index < -0.39 is 0 Å². The fourth-order valence-corrected chi connectivity index (χ4v) is 3.08. The van der Waals surface area contributed by atoms with Crippen LogP contribution in [0.3, 0.4) is 0 Å². The summed E-state index contributed by atoms with van der Waals surface area (Å²) in [5.74, 6) is 0.452. The summed E-state index contributed by atoms with van der Waals surface area (Å²) >= 11 is 1.56. The summed E-state index contributed by atoms with van der Waals surface area (Å²) in [4.78, 5) is 17.6. The second kappa shape index (κ2) is 5.14. The highest BCUT2D eigenvalue weighted by Gasteiger charge is 2.29. The highest BCUT2D eigenvalue weighted by atomic mass is 32.1. The van der Waals surface area contributed by atoms with E-state index in [2.05, 4.69) is 29.5 Å². The molecule has 0 aromatic carbocycles. The average molecular weight is 253 g/mol. The number of thiazole rings is 1. The minimum absolute atomic E-state index is 0.0476. The van der Waals surface area contributed by atoms with Gasteiger partial charge in [0.1, 0.15) is 0 Å². The summed E-state index contributed by atoms with van der Waals surface area (Å²) in [5, 5.41) is 6.87. The Morgan fingerprint density at radius 1 is 1.65 bits per heavy atom. The van der Waals surface area contributed by atoms with Crippen molar-refractivity contribution in [2.24, 2.45) is 5.92 Å². The molecule has 2 atom stereocenters. The second-order valence-corrected chi connectivity index (χ2v) is 5.77. The minimum Gasteiger partial charge on any atom is -0.306 e. The third-order valence-corrected chi connectivity index (χ3v) is 4.20. The topological polar surface area (TPSA) is 54.0 Å². The average Bonchev–Trinajstić information content (AvgIpc) is 2.84. The van der Waals surface area contributed by atoms with E-state index in [1.807, 2.05) is 6.92 Å². The Morgan fingerprint density at radius 2 is 2.41 bits per heavy atom. The highest BCUT2D eigenvalue weighted by molar-refractivity contribution is 7.15. The summed E-state index contributed by atoms with van der Waals surface area (Å²) in [6.45, 7) is 7.15. The van der Waals surface area contributed by atoms with Crippen LogP contribution in [-0.4, -0.2) is 23.5 Å². The van der Waals surface area contributed by atoms with Crippen LogP contribution >= 0.6 is 11.3 Å². The smallest absolute Gasteiger partial charge is 0.243 e. The van der Waals surface area contributed by atoms with Crippen molar-refractivity contribution in [1.82, 2.24) is 10.3 Å². The number of amides is 1. The van der Waals surface area contributed by atoms with E-state index in [4.69, 9.17) is 0 Å². The van der Waals surface area contributed by atoms with Crippen LogP contribution in [0.25, 0.3) is 0 Å². The molecule has 94 valence electrons. The van der Waals surface area contributed by atoms with Gasteiger partial charge in [-0.1, -0.05) is 13.8 Å². The largest absolute Gasteiger partial charge is 0.306 e. The zero-order chi connectivity index (χ0) is 12.4. The molecule has 1 aliphatic rings. The van der Waals surface area contributed by atoms with E-state index in [1.54, 1.807) is 11.3 Å². The molecule has 5 heteroatoms. The molecule has 1 aliphatic heterocycles. The number of hydrogen-bond acceptors (Lipinski definition) is 4. The Morgan fingerprint density at radius 3 is 2.94 bits per heavy atom. The van der Waals surface area contributed by atoms with Gasteiger partial charge in [-0.05, 0) is 32.2 Å². The molecule has 1 fully saturated rings. The molecular weight excluding hydrogens is 234 g/mol. The van der Waals surface area contributed by atoms with Gasteiger partial charge in [0.25, 0.3) is 0 Å². The molecule has 1 saturated heterocycles. The molecule has 2 N–H and O–H groups in total. The molecule has 2 rings (SSSR count). The molecule has 2 heterocycles. The molecule has 1 aromatic heterocycles. The van der Waals surface area contributed by atoms with Crippen molar-refractivity contribution in [1.29, 1.82) is 0 Å². The van der Waals surface area contributed by atoms with Gasteiger partial charge in [0.2, 0.25) is 5.91 Å². The van der Waals surface area contributed by atoms with Crippen LogP contribution in [0.4, 0.5) is 5.13 Å². The second-order valence-electron chi connectivity index (χ2n) is 4.56. The van der Waals surface area contributed by atoms with Crippen LogP contribution in [0.2, 0.25) is 0 Å². The van der Waals surface area contributed by atoms with Gasteiger partial charge >= 0.3 is 0 Å². The highest BCUT2D eigenvalue weighted by Crippen LogP contribution is 2.23. The van der Waals surface area contributed by atoms with Crippen molar-refractivity contribution in [3.63, 3.8) is 0 Å². The SMILES string of the molecule is CCc1nc(NC(=O)C2NCCC2C)sc1C. The van der Waals surface area contributed by atoms with Gasteiger partial charge in [-0.3, -0.25) is 4.79 Å².